The monoisotopic (exact) mass is 619 g/mol. The molecule has 2 heterocycles. The largest absolute Gasteiger partial charge is 0.352 e. The van der Waals surface area contributed by atoms with Crippen LogP contribution in [0.4, 0.5) is 10.2 Å². The van der Waals surface area contributed by atoms with Gasteiger partial charge in [0.25, 0.3) is 5.91 Å². The van der Waals surface area contributed by atoms with E-state index in [1.54, 1.807) is 41.3 Å². The van der Waals surface area contributed by atoms with Gasteiger partial charge in [-0.05, 0) is 53.1 Å². The number of carbonyl (C=O) groups is 2. The average molecular weight is 620 g/mol. The summed E-state index contributed by atoms with van der Waals surface area (Å²) in [5, 5.41) is 9.26. The number of halogens is 2. The fourth-order valence-corrected chi connectivity index (χ4v) is 5.59. The van der Waals surface area contributed by atoms with Crippen molar-refractivity contribution in [1.82, 2.24) is 20.0 Å². The molecule has 0 atom stereocenters. The summed E-state index contributed by atoms with van der Waals surface area (Å²) >= 11 is 6.31. The van der Waals surface area contributed by atoms with Gasteiger partial charge in [-0.2, -0.15) is 0 Å². The highest BCUT2D eigenvalue weighted by molar-refractivity contribution is 6.33. The number of benzene rings is 4. The molecule has 0 radical (unpaired) electrons. The Balaban J connectivity index is 1.08. The molecule has 1 aliphatic rings. The van der Waals surface area contributed by atoms with E-state index in [9.17, 15) is 14.0 Å². The van der Waals surface area contributed by atoms with Crippen LogP contribution in [0.2, 0.25) is 5.02 Å². The molecule has 0 aliphatic carbocycles. The van der Waals surface area contributed by atoms with Crippen LogP contribution in [0.3, 0.4) is 0 Å². The summed E-state index contributed by atoms with van der Waals surface area (Å²) in [7, 11) is 0. The maximum atomic E-state index is 13.5. The molecule has 2 amide bonds. The molecule has 0 bridgehead atoms. The van der Waals surface area contributed by atoms with Crippen LogP contribution in [0.25, 0.3) is 22.4 Å². The Labute approximate surface area is 266 Å². The highest BCUT2D eigenvalue weighted by atomic mass is 35.5. The van der Waals surface area contributed by atoms with Gasteiger partial charge in [-0.1, -0.05) is 90.5 Å². The fraction of sp³-hybridized carbons (Fsp3) is 0.167. The topological polar surface area (TPSA) is 69.6 Å². The highest BCUT2D eigenvalue weighted by Crippen LogP contribution is 2.25. The minimum Gasteiger partial charge on any atom is -0.352 e. The molecule has 6 rings (SSSR count). The first-order valence-corrected chi connectivity index (χ1v) is 15.1. The van der Waals surface area contributed by atoms with Gasteiger partial charge in [0.05, 0.1) is 16.3 Å². The third-order valence-electron chi connectivity index (χ3n) is 7.90. The van der Waals surface area contributed by atoms with Crippen LogP contribution >= 0.6 is 11.6 Å². The molecule has 1 saturated heterocycles. The molecule has 7 nitrogen and oxygen atoms in total. The summed E-state index contributed by atoms with van der Waals surface area (Å²) in [5.41, 5.74) is 5.10. The first-order valence-electron chi connectivity index (χ1n) is 14.8. The molecule has 9 heteroatoms. The van der Waals surface area contributed by atoms with Crippen molar-refractivity contribution >= 4 is 29.2 Å². The second-order valence-electron chi connectivity index (χ2n) is 10.9. The lowest BCUT2D eigenvalue weighted by atomic mass is 10.0. The van der Waals surface area contributed by atoms with Crippen LogP contribution < -0.4 is 4.90 Å². The summed E-state index contributed by atoms with van der Waals surface area (Å²) in [6.45, 7) is 2.15. The Kier molecular flexibility index (Phi) is 9.12. The van der Waals surface area contributed by atoms with Gasteiger partial charge in [0, 0.05) is 38.3 Å². The van der Waals surface area contributed by atoms with Crippen molar-refractivity contribution in [2.75, 3.05) is 37.6 Å². The zero-order valence-corrected chi connectivity index (χ0v) is 25.3. The second kappa shape index (κ2) is 13.7. The minimum absolute atomic E-state index is 0.126. The maximum Gasteiger partial charge on any atom is 0.256 e. The van der Waals surface area contributed by atoms with Gasteiger partial charge < -0.3 is 14.7 Å². The molecule has 45 heavy (non-hydrogen) atoms. The Morgan fingerprint density at radius 2 is 1.36 bits per heavy atom. The SMILES string of the molecule is O=C(CN(Cc1ccc(F)cc1)C(=O)c1ccccc1Cl)N1CCN(c2ccc(-c3ccc(-c4ccccc4)cc3)nn2)CC1. The van der Waals surface area contributed by atoms with Gasteiger partial charge in [0.1, 0.15) is 12.4 Å². The molecule has 1 aliphatic heterocycles. The van der Waals surface area contributed by atoms with Crippen LogP contribution in [0.5, 0.6) is 0 Å². The summed E-state index contributed by atoms with van der Waals surface area (Å²) in [6.07, 6.45) is 0. The normalized spacial score (nSPS) is 13.0. The van der Waals surface area contributed by atoms with Crippen molar-refractivity contribution in [3.8, 4) is 22.4 Å². The number of anilines is 1. The smallest absolute Gasteiger partial charge is 0.256 e. The zero-order valence-electron chi connectivity index (χ0n) is 24.5. The lowest BCUT2D eigenvalue weighted by Crippen LogP contribution is -2.52. The van der Waals surface area contributed by atoms with E-state index in [-0.39, 0.29) is 30.7 Å². The van der Waals surface area contributed by atoms with Crippen LogP contribution in [0.1, 0.15) is 15.9 Å². The number of nitrogens with zero attached hydrogens (tertiary/aromatic N) is 5. The molecule has 4 aromatic carbocycles. The molecule has 226 valence electrons. The fourth-order valence-electron chi connectivity index (χ4n) is 5.37. The van der Waals surface area contributed by atoms with E-state index in [4.69, 9.17) is 11.6 Å². The Morgan fingerprint density at radius 1 is 0.711 bits per heavy atom. The number of carbonyl (C=O) groups excluding carboxylic acids is 2. The lowest BCUT2D eigenvalue weighted by molar-refractivity contribution is -0.132. The standard InChI is InChI=1S/C36H31ClFN5O2/c37-32-9-5-4-8-31(32)36(45)43(24-26-10-16-30(38)17-11-26)25-35(44)42-22-20-41(21-23-42)34-19-18-33(39-40-34)29-14-12-28(13-15-29)27-6-2-1-3-7-27/h1-19H,20-25H2. The first-order chi connectivity index (χ1) is 21.9. The van der Waals surface area contributed by atoms with Gasteiger partial charge in [-0.25, -0.2) is 4.39 Å². The lowest BCUT2D eigenvalue weighted by Gasteiger charge is -2.36. The van der Waals surface area contributed by atoms with E-state index in [0.717, 1.165) is 28.2 Å². The summed E-state index contributed by atoms with van der Waals surface area (Å²) in [5.74, 6) is -0.147. The molecule has 0 spiro atoms. The van der Waals surface area contributed by atoms with Crippen LogP contribution in [0.15, 0.2) is 115 Å². The highest BCUT2D eigenvalue weighted by Gasteiger charge is 2.27. The number of hydrogen-bond donors (Lipinski definition) is 0. The number of amides is 2. The summed E-state index contributed by atoms with van der Waals surface area (Å²) < 4.78 is 13.5. The van der Waals surface area contributed by atoms with Gasteiger partial charge in [0.15, 0.2) is 5.82 Å². The number of aromatic nitrogens is 2. The van der Waals surface area contributed by atoms with Crippen molar-refractivity contribution in [3.05, 3.63) is 137 Å². The van der Waals surface area contributed by atoms with Gasteiger partial charge in [-0.3, -0.25) is 9.59 Å². The van der Waals surface area contributed by atoms with Crippen molar-refractivity contribution in [3.63, 3.8) is 0 Å². The molecule has 0 saturated carbocycles. The van der Waals surface area contributed by atoms with E-state index in [2.05, 4.69) is 39.4 Å². The van der Waals surface area contributed by atoms with Crippen molar-refractivity contribution in [1.29, 1.82) is 0 Å². The first kappa shape index (κ1) is 30.0. The molecule has 1 aromatic heterocycles. The minimum atomic E-state index is -0.367. The van der Waals surface area contributed by atoms with Crippen LogP contribution in [0, 0.1) is 5.82 Å². The van der Waals surface area contributed by atoms with Crippen molar-refractivity contribution < 1.29 is 14.0 Å². The third-order valence-corrected chi connectivity index (χ3v) is 8.23. The summed E-state index contributed by atoms with van der Waals surface area (Å²) in [4.78, 5) is 32.2. The number of rotatable bonds is 8. The van der Waals surface area contributed by atoms with E-state index in [0.29, 0.717) is 42.3 Å². The van der Waals surface area contributed by atoms with E-state index in [1.165, 1.54) is 17.0 Å². The predicted octanol–water partition coefficient (Wildman–Crippen LogP) is 6.59. The average Bonchev–Trinajstić information content (AvgIpc) is 3.09. The molecular formula is C36H31ClFN5O2. The predicted molar refractivity (Wildman–Crippen MR) is 174 cm³/mol. The third kappa shape index (κ3) is 7.19. The molecule has 0 N–H and O–H groups in total. The Bertz CT molecular complexity index is 1760. The van der Waals surface area contributed by atoms with Gasteiger partial charge in [0.2, 0.25) is 5.91 Å². The van der Waals surface area contributed by atoms with E-state index in [1.807, 2.05) is 42.5 Å². The summed E-state index contributed by atoms with van der Waals surface area (Å²) in [6, 6.07) is 35.1. The maximum absolute atomic E-state index is 13.5. The van der Waals surface area contributed by atoms with E-state index < -0.39 is 0 Å². The van der Waals surface area contributed by atoms with Crippen molar-refractivity contribution in [2.24, 2.45) is 0 Å². The van der Waals surface area contributed by atoms with Crippen molar-refractivity contribution in [2.45, 2.75) is 6.54 Å². The molecular weight excluding hydrogens is 589 g/mol. The van der Waals surface area contributed by atoms with E-state index >= 15 is 0 Å². The molecule has 1 fully saturated rings. The second-order valence-corrected chi connectivity index (χ2v) is 11.3. The van der Waals surface area contributed by atoms with Crippen LogP contribution in [-0.2, 0) is 11.3 Å². The zero-order chi connectivity index (χ0) is 31.2. The Hall–Kier alpha value is -5.08. The molecule has 0 unspecified atom stereocenters. The van der Waals surface area contributed by atoms with Gasteiger partial charge in [-0.15, -0.1) is 10.2 Å². The van der Waals surface area contributed by atoms with Gasteiger partial charge >= 0.3 is 0 Å². The quantitative estimate of drug-likeness (QED) is 0.196. The Morgan fingerprint density at radius 3 is 2.02 bits per heavy atom. The van der Waals surface area contributed by atoms with Crippen LogP contribution in [-0.4, -0.2) is 64.5 Å². The molecule has 5 aromatic rings. The number of piperazine rings is 1. The number of hydrogen-bond acceptors (Lipinski definition) is 5.